The van der Waals surface area contributed by atoms with Crippen LogP contribution in [0, 0.1) is 0 Å². The number of benzene rings is 2. The maximum Gasteiger partial charge on any atom is 0.338 e. The van der Waals surface area contributed by atoms with Gasteiger partial charge in [0.05, 0.1) is 29.0 Å². The van der Waals surface area contributed by atoms with Crippen LogP contribution >= 0.6 is 11.3 Å². The first-order chi connectivity index (χ1) is 18.3. The summed E-state index contributed by atoms with van der Waals surface area (Å²) < 4.78 is 15.7. The third-order valence-corrected chi connectivity index (χ3v) is 7.63. The number of carbonyl (C=O) groups excluding carboxylic acids is 1. The van der Waals surface area contributed by atoms with Crippen LogP contribution in [-0.2, 0) is 9.53 Å². The number of hydrogen-bond donors (Lipinski definition) is 0. The van der Waals surface area contributed by atoms with Crippen molar-refractivity contribution >= 4 is 34.3 Å². The zero-order valence-corrected chi connectivity index (χ0v) is 23.0. The van der Waals surface area contributed by atoms with E-state index in [2.05, 4.69) is 36.7 Å². The van der Waals surface area contributed by atoms with Gasteiger partial charge in [-0.15, -0.1) is 0 Å². The van der Waals surface area contributed by atoms with Crippen LogP contribution in [0.4, 0.5) is 0 Å². The smallest absolute Gasteiger partial charge is 0.338 e. The molecule has 0 bridgehead atoms. The summed E-state index contributed by atoms with van der Waals surface area (Å²) in [7, 11) is 0. The van der Waals surface area contributed by atoms with E-state index < -0.39 is 12.0 Å². The molecule has 0 radical (unpaired) electrons. The van der Waals surface area contributed by atoms with Crippen LogP contribution in [0.1, 0.15) is 57.8 Å². The number of carbonyl (C=O) groups is 1. The van der Waals surface area contributed by atoms with E-state index in [0.29, 0.717) is 33.0 Å². The van der Waals surface area contributed by atoms with Crippen LogP contribution in [0.5, 0.6) is 5.75 Å². The van der Waals surface area contributed by atoms with Gasteiger partial charge >= 0.3 is 5.97 Å². The highest BCUT2D eigenvalue weighted by atomic mass is 32.1. The molecule has 196 valence electrons. The third kappa shape index (κ3) is 4.39. The van der Waals surface area contributed by atoms with Crippen LogP contribution in [0.15, 0.2) is 75.8 Å². The van der Waals surface area contributed by atoms with Gasteiger partial charge in [-0.2, -0.15) is 0 Å². The van der Waals surface area contributed by atoms with Gasteiger partial charge in [-0.1, -0.05) is 47.7 Å². The molecular weight excluding hydrogens is 498 g/mol. The number of nitrogens with zero attached hydrogens (tertiary/aromatic N) is 3. The fourth-order valence-electron chi connectivity index (χ4n) is 4.99. The van der Waals surface area contributed by atoms with E-state index in [1.807, 2.05) is 49.4 Å². The quantitative estimate of drug-likeness (QED) is 0.325. The monoisotopic (exact) mass is 529 g/mol. The van der Waals surface area contributed by atoms with Crippen molar-refractivity contribution in [1.82, 2.24) is 9.13 Å². The normalized spacial score (nSPS) is 15.6. The van der Waals surface area contributed by atoms with E-state index in [9.17, 15) is 9.59 Å². The van der Waals surface area contributed by atoms with Crippen molar-refractivity contribution < 1.29 is 14.3 Å². The average molecular weight is 530 g/mol. The van der Waals surface area contributed by atoms with Crippen LogP contribution in [0.3, 0.4) is 0 Å². The Morgan fingerprint density at radius 2 is 1.84 bits per heavy atom. The molecule has 5 rings (SSSR count). The molecule has 1 unspecified atom stereocenters. The van der Waals surface area contributed by atoms with E-state index in [1.54, 1.807) is 18.4 Å². The summed E-state index contributed by atoms with van der Waals surface area (Å²) in [5.74, 6) is 0.130. The molecule has 38 heavy (non-hydrogen) atoms. The second kappa shape index (κ2) is 10.5. The summed E-state index contributed by atoms with van der Waals surface area (Å²) in [6.45, 7) is 10.4. The predicted octanol–water partition coefficient (Wildman–Crippen LogP) is 4.73. The number of esters is 1. The van der Waals surface area contributed by atoms with E-state index in [4.69, 9.17) is 14.5 Å². The van der Waals surface area contributed by atoms with Gasteiger partial charge in [0.25, 0.3) is 5.56 Å². The molecule has 0 amide bonds. The fraction of sp³-hybridized carbons (Fsp3) is 0.300. The number of thiazole rings is 1. The summed E-state index contributed by atoms with van der Waals surface area (Å²) in [5.41, 5.74) is 3.47. The molecule has 1 aliphatic rings. The number of ether oxygens (including phenoxy) is 2. The number of aromatic nitrogens is 2. The van der Waals surface area contributed by atoms with Gasteiger partial charge in [-0.05, 0) is 52.8 Å². The Morgan fingerprint density at radius 1 is 1.11 bits per heavy atom. The van der Waals surface area contributed by atoms with Crippen LogP contribution in [0.2, 0.25) is 0 Å². The first kappa shape index (κ1) is 25.7. The number of allylic oxidation sites excluding steroid dienone is 1. The van der Waals surface area contributed by atoms with Gasteiger partial charge in [0.1, 0.15) is 11.8 Å². The Kier molecular flexibility index (Phi) is 7.08. The third-order valence-electron chi connectivity index (χ3n) is 6.64. The van der Waals surface area contributed by atoms with Crippen LogP contribution in [0.25, 0.3) is 17.0 Å². The minimum absolute atomic E-state index is 0.208. The lowest BCUT2D eigenvalue weighted by Crippen LogP contribution is -2.40. The Morgan fingerprint density at radius 3 is 2.58 bits per heavy atom. The summed E-state index contributed by atoms with van der Waals surface area (Å²) in [5, 5.41) is 1.08. The van der Waals surface area contributed by atoms with Crippen molar-refractivity contribution in [2.24, 2.45) is 4.99 Å². The van der Waals surface area contributed by atoms with Gasteiger partial charge in [0.2, 0.25) is 0 Å². The topological polar surface area (TPSA) is 74.8 Å². The molecular formula is C30H31N3O4S. The highest BCUT2D eigenvalue weighted by Crippen LogP contribution is 2.36. The second-order valence-electron chi connectivity index (χ2n) is 9.38. The van der Waals surface area contributed by atoms with E-state index in [-0.39, 0.29) is 18.2 Å². The summed E-state index contributed by atoms with van der Waals surface area (Å²) in [6.07, 6.45) is 4.02. The standard InChI is InChI=1S/C30H31N3O4S/c1-6-36-24-15-11-9-13-22(24)27-26(29(35)37-7-2)19(5)31-30-33(27)28(34)25(38-30)16-20-17-32(18(3)4)23-14-10-8-12-21(20)23/h8-18,27H,6-7H2,1-5H3/b25-16+. The number of hydrogen-bond acceptors (Lipinski definition) is 6. The largest absolute Gasteiger partial charge is 0.494 e. The first-order valence-corrected chi connectivity index (χ1v) is 13.7. The van der Waals surface area contributed by atoms with Crippen molar-refractivity contribution in [1.29, 1.82) is 0 Å². The van der Waals surface area contributed by atoms with Crippen molar-refractivity contribution in [3.8, 4) is 5.75 Å². The molecule has 2 aromatic heterocycles. The average Bonchev–Trinajstić information content (AvgIpc) is 3.41. The van der Waals surface area contributed by atoms with Crippen LogP contribution in [-0.4, -0.2) is 28.3 Å². The second-order valence-corrected chi connectivity index (χ2v) is 10.4. The highest BCUT2D eigenvalue weighted by molar-refractivity contribution is 7.07. The number of fused-ring (bicyclic) bond motifs is 2. The molecule has 3 heterocycles. The van der Waals surface area contributed by atoms with E-state index in [0.717, 1.165) is 22.0 Å². The zero-order chi connectivity index (χ0) is 27.0. The minimum Gasteiger partial charge on any atom is -0.494 e. The molecule has 0 spiro atoms. The summed E-state index contributed by atoms with van der Waals surface area (Å²) in [4.78, 5) is 32.5. The van der Waals surface area contributed by atoms with E-state index >= 15 is 0 Å². The Hall–Kier alpha value is -3.91. The predicted molar refractivity (Wildman–Crippen MR) is 150 cm³/mol. The maximum absolute atomic E-state index is 14.0. The van der Waals surface area contributed by atoms with Gasteiger partial charge in [-0.3, -0.25) is 9.36 Å². The molecule has 0 fully saturated rings. The Balaban J connectivity index is 1.77. The first-order valence-electron chi connectivity index (χ1n) is 12.9. The fourth-order valence-corrected chi connectivity index (χ4v) is 6.03. The number of rotatable bonds is 7. The van der Waals surface area contributed by atoms with Crippen molar-refractivity contribution in [3.05, 3.63) is 96.8 Å². The molecule has 0 saturated heterocycles. The molecule has 4 aromatic rings. The van der Waals surface area contributed by atoms with Crippen molar-refractivity contribution in [3.63, 3.8) is 0 Å². The lowest BCUT2D eigenvalue weighted by atomic mass is 9.95. The lowest BCUT2D eigenvalue weighted by molar-refractivity contribution is -0.139. The molecule has 1 aliphatic heterocycles. The van der Waals surface area contributed by atoms with Crippen molar-refractivity contribution in [2.75, 3.05) is 13.2 Å². The van der Waals surface area contributed by atoms with Gasteiger partial charge in [0.15, 0.2) is 4.80 Å². The Bertz CT molecular complexity index is 1740. The minimum atomic E-state index is -0.716. The number of para-hydroxylation sites is 2. The van der Waals surface area contributed by atoms with E-state index in [1.165, 1.54) is 11.3 Å². The summed E-state index contributed by atoms with van der Waals surface area (Å²) >= 11 is 1.32. The molecule has 2 aromatic carbocycles. The zero-order valence-electron chi connectivity index (χ0n) is 22.2. The lowest BCUT2D eigenvalue weighted by Gasteiger charge is -2.26. The molecule has 1 atom stereocenters. The molecule has 7 nitrogen and oxygen atoms in total. The van der Waals surface area contributed by atoms with Gasteiger partial charge in [-0.25, -0.2) is 9.79 Å². The molecule has 0 saturated carbocycles. The molecule has 0 aliphatic carbocycles. The summed E-state index contributed by atoms with van der Waals surface area (Å²) in [6, 6.07) is 15.2. The molecule has 0 N–H and O–H groups in total. The van der Waals surface area contributed by atoms with Crippen LogP contribution < -0.4 is 19.6 Å². The van der Waals surface area contributed by atoms with Gasteiger partial charge in [0, 0.05) is 34.3 Å². The van der Waals surface area contributed by atoms with Crippen molar-refractivity contribution in [2.45, 2.75) is 46.7 Å². The highest BCUT2D eigenvalue weighted by Gasteiger charge is 2.35. The molecule has 8 heteroatoms. The maximum atomic E-state index is 14.0. The van der Waals surface area contributed by atoms with Gasteiger partial charge < -0.3 is 14.0 Å². The SMILES string of the molecule is CCOC(=O)C1=C(C)N=c2s/c(=C/c3cn(C(C)C)c4ccccc34)c(=O)n2C1c1ccccc1OCC. The Labute approximate surface area is 225 Å².